The van der Waals surface area contributed by atoms with E-state index < -0.39 is 0 Å². The summed E-state index contributed by atoms with van der Waals surface area (Å²) in [5.74, 6) is 0.189. The lowest BCUT2D eigenvalue weighted by molar-refractivity contribution is -0.134. The van der Waals surface area contributed by atoms with Crippen molar-refractivity contribution in [2.45, 2.75) is 39.5 Å². The maximum Gasteiger partial charge on any atom is 0.240 e. The Labute approximate surface area is 80.5 Å². The Morgan fingerprint density at radius 1 is 1.46 bits per heavy atom. The summed E-state index contributed by atoms with van der Waals surface area (Å²) in [5.41, 5.74) is 2.80. The lowest BCUT2D eigenvalue weighted by Crippen LogP contribution is -2.45. The maximum atomic E-state index is 11.8. The molecule has 0 aromatic carbocycles. The third kappa shape index (κ3) is 2.44. The van der Waals surface area contributed by atoms with Gasteiger partial charge in [-0.15, -0.1) is 0 Å². The molecule has 1 rings (SSSR count). The molecule has 1 aliphatic carbocycles. The van der Waals surface area contributed by atoms with Gasteiger partial charge in [-0.25, -0.2) is 5.01 Å². The molecule has 13 heavy (non-hydrogen) atoms. The molecular formula is C10H20N2O. The molecule has 3 nitrogen and oxygen atoms in total. The van der Waals surface area contributed by atoms with Gasteiger partial charge in [0, 0.05) is 19.0 Å². The molecule has 1 aliphatic rings. The van der Waals surface area contributed by atoms with Crippen LogP contribution < -0.4 is 5.43 Å². The first-order valence-corrected chi connectivity index (χ1v) is 5.11. The third-order valence-corrected chi connectivity index (χ3v) is 3.02. The molecule has 1 fully saturated rings. The molecule has 76 valence electrons. The zero-order chi connectivity index (χ0) is 9.90. The average molecular weight is 184 g/mol. The number of amides is 1. The van der Waals surface area contributed by atoms with Crippen LogP contribution >= 0.6 is 0 Å². The Kier molecular flexibility index (Phi) is 3.31. The van der Waals surface area contributed by atoms with Crippen LogP contribution in [0.1, 0.15) is 39.5 Å². The van der Waals surface area contributed by atoms with Crippen LogP contribution in [0.5, 0.6) is 0 Å². The molecule has 0 saturated heterocycles. The summed E-state index contributed by atoms with van der Waals surface area (Å²) in [6, 6.07) is 0. The van der Waals surface area contributed by atoms with Crippen LogP contribution in [0.3, 0.4) is 0 Å². The van der Waals surface area contributed by atoms with Crippen molar-refractivity contribution in [3.05, 3.63) is 0 Å². The van der Waals surface area contributed by atoms with E-state index >= 15 is 0 Å². The molecule has 0 aliphatic heterocycles. The molecule has 0 heterocycles. The molecule has 3 heteroatoms. The van der Waals surface area contributed by atoms with Gasteiger partial charge in [0.15, 0.2) is 0 Å². The van der Waals surface area contributed by atoms with Gasteiger partial charge in [0.05, 0.1) is 0 Å². The van der Waals surface area contributed by atoms with Gasteiger partial charge in [0.25, 0.3) is 0 Å². The minimum atomic E-state index is -0.108. The topological polar surface area (TPSA) is 32.3 Å². The predicted octanol–water partition coefficient (Wildman–Crippen LogP) is 1.55. The summed E-state index contributed by atoms with van der Waals surface area (Å²) in [6.07, 6.45) is 4.46. The fraction of sp³-hybridized carbons (Fsp3) is 0.900. The Bertz CT molecular complexity index is 185. The number of hydrogen-bond donors (Lipinski definition) is 1. The highest BCUT2D eigenvalue weighted by Gasteiger charge is 2.36. The lowest BCUT2D eigenvalue weighted by Gasteiger charge is -2.25. The summed E-state index contributed by atoms with van der Waals surface area (Å²) in [7, 11) is 1.90. The SMILES string of the molecule is CCN(C)NC(=O)C1(C)CCCC1. The second-order valence-electron chi connectivity index (χ2n) is 4.22. The van der Waals surface area contributed by atoms with Crippen LogP contribution in [0.15, 0.2) is 0 Å². The quantitative estimate of drug-likeness (QED) is 0.675. The van der Waals surface area contributed by atoms with Crippen molar-refractivity contribution >= 4 is 5.91 Å². The van der Waals surface area contributed by atoms with E-state index in [-0.39, 0.29) is 11.3 Å². The number of hydrazine groups is 1. The smallest absolute Gasteiger partial charge is 0.240 e. The zero-order valence-electron chi connectivity index (χ0n) is 8.89. The predicted molar refractivity (Wildman–Crippen MR) is 53.0 cm³/mol. The molecule has 1 saturated carbocycles. The Morgan fingerprint density at radius 3 is 2.46 bits per heavy atom. The number of nitrogens with one attached hydrogen (secondary N) is 1. The Balaban J connectivity index is 2.46. The maximum absolute atomic E-state index is 11.8. The van der Waals surface area contributed by atoms with Gasteiger partial charge in [-0.3, -0.25) is 10.2 Å². The van der Waals surface area contributed by atoms with E-state index in [4.69, 9.17) is 0 Å². The number of hydrogen-bond acceptors (Lipinski definition) is 2. The first-order chi connectivity index (χ1) is 6.08. The van der Waals surface area contributed by atoms with E-state index in [0.29, 0.717) is 0 Å². The van der Waals surface area contributed by atoms with Crippen molar-refractivity contribution in [1.82, 2.24) is 10.4 Å². The Hall–Kier alpha value is -0.570. The number of nitrogens with zero attached hydrogens (tertiary/aromatic N) is 1. The monoisotopic (exact) mass is 184 g/mol. The van der Waals surface area contributed by atoms with Crippen molar-refractivity contribution in [1.29, 1.82) is 0 Å². The highest BCUT2D eigenvalue weighted by atomic mass is 16.2. The molecule has 1 N–H and O–H groups in total. The van der Waals surface area contributed by atoms with Crippen molar-refractivity contribution in [2.75, 3.05) is 13.6 Å². The zero-order valence-corrected chi connectivity index (χ0v) is 8.89. The van der Waals surface area contributed by atoms with Crippen LogP contribution in [0.2, 0.25) is 0 Å². The molecular weight excluding hydrogens is 164 g/mol. The van der Waals surface area contributed by atoms with Gasteiger partial charge >= 0.3 is 0 Å². The van der Waals surface area contributed by atoms with Gasteiger partial charge in [-0.05, 0) is 12.8 Å². The number of carbonyl (C=O) groups is 1. The van der Waals surface area contributed by atoms with Crippen LogP contribution in [0.25, 0.3) is 0 Å². The molecule has 0 aromatic rings. The summed E-state index contributed by atoms with van der Waals surface area (Å²) in [6.45, 7) is 4.94. The van der Waals surface area contributed by atoms with E-state index in [1.165, 1.54) is 12.8 Å². The fourth-order valence-corrected chi connectivity index (χ4v) is 1.77. The van der Waals surface area contributed by atoms with Gasteiger partial charge in [0.2, 0.25) is 5.91 Å². The van der Waals surface area contributed by atoms with Crippen molar-refractivity contribution in [3.8, 4) is 0 Å². The van der Waals surface area contributed by atoms with Crippen LogP contribution in [-0.2, 0) is 4.79 Å². The van der Waals surface area contributed by atoms with Crippen LogP contribution in [0.4, 0.5) is 0 Å². The lowest BCUT2D eigenvalue weighted by atomic mass is 9.88. The normalized spacial score (nSPS) is 20.6. The summed E-state index contributed by atoms with van der Waals surface area (Å²) in [5, 5.41) is 1.84. The van der Waals surface area contributed by atoms with Gasteiger partial charge < -0.3 is 0 Å². The average Bonchev–Trinajstić information content (AvgIpc) is 2.53. The third-order valence-electron chi connectivity index (χ3n) is 3.02. The molecule has 0 radical (unpaired) electrons. The van der Waals surface area contributed by atoms with E-state index in [1.807, 2.05) is 19.0 Å². The summed E-state index contributed by atoms with van der Waals surface area (Å²) >= 11 is 0. The van der Waals surface area contributed by atoms with E-state index in [9.17, 15) is 4.79 Å². The van der Waals surface area contributed by atoms with Crippen LogP contribution in [-0.4, -0.2) is 24.5 Å². The van der Waals surface area contributed by atoms with E-state index in [2.05, 4.69) is 12.3 Å². The van der Waals surface area contributed by atoms with Gasteiger partial charge in [0.1, 0.15) is 0 Å². The first-order valence-electron chi connectivity index (χ1n) is 5.11. The van der Waals surface area contributed by atoms with E-state index in [0.717, 1.165) is 19.4 Å². The fourth-order valence-electron chi connectivity index (χ4n) is 1.77. The van der Waals surface area contributed by atoms with Gasteiger partial charge in [-0.1, -0.05) is 26.7 Å². The van der Waals surface area contributed by atoms with Crippen LogP contribution in [0, 0.1) is 5.41 Å². The standard InChI is InChI=1S/C10H20N2O/c1-4-12(3)11-9(13)10(2)7-5-6-8-10/h4-8H2,1-3H3,(H,11,13). The first kappa shape index (κ1) is 10.5. The Morgan fingerprint density at radius 2 is 2.00 bits per heavy atom. The van der Waals surface area contributed by atoms with Gasteiger partial charge in [-0.2, -0.15) is 0 Å². The molecule has 0 aromatic heterocycles. The van der Waals surface area contributed by atoms with Crippen molar-refractivity contribution in [3.63, 3.8) is 0 Å². The van der Waals surface area contributed by atoms with Crippen molar-refractivity contribution in [2.24, 2.45) is 5.41 Å². The number of rotatable bonds is 3. The largest absolute Gasteiger partial charge is 0.289 e. The molecule has 0 bridgehead atoms. The molecule has 0 spiro atoms. The van der Waals surface area contributed by atoms with Crippen molar-refractivity contribution < 1.29 is 4.79 Å². The minimum Gasteiger partial charge on any atom is -0.289 e. The summed E-state index contributed by atoms with van der Waals surface area (Å²) in [4.78, 5) is 11.8. The number of carbonyl (C=O) groups excluding carboxylic acids is 1. The minimum absolute atomic E-state index is 0.108. The van der Waals surface area contributed by atoms with E-state index in [1.54, 1.807) is 0 Å². The molecule has 0 atom stereocenters. The highest BCUT2D eigenvalue weighted by molar-refractivity contribution is 5.81. The second-order valence-corrected chi connectivity index (χ2v) is 4.22. The highest BCUT2D eigenvalue weighted by Crippen LogP contribution is 2.37. The molecule has 1 amide bonds. The molecule has 0 unspecified atom stereocenters. The summed E-state index contributed by atoms with van der Waals surface area (Å²) < 4.78 is 0. The second kappa shape index (κ2) is 4.09.